The van der Waals surface area contributed by atoms with Crippen molar-refractivity contribution in [3.63, 3.8) is 0 Å². The zero-order chi connectivity index (χ0) is 17.7. The van der Waals surface area contributed by atoms with Crippen LogP contribution in [0.1, 0.15) is 20.3 Å². The minimum atomic E-state index is -0.262. The van der Waals surface area contributed by atoms with E-state index < -0.39 is 0 Å². The fourth-order valence-electron chi connectivity index (χ4n) is 3.05. The molecule has 25 heavy (non-hydrogen) atoms. The first kappa shape index (κ1) is 17.8. The number of fused-ring (bicyclic) bond motifs is 1. The van der Waals surface area contributed by atoms with E-state index in [1.165, 1.54) is 0 Å². The number of hydrogen-bond acceptors (Lipinski definition) is 5. The van der Waals surface area contributed by atoms with E-state index in [1.54, 1.807) is 6.20 Å². The van der Waals surface area contributed by atoms with Gasteiger partial charge in [-0.2, -0.15) is 0 Å². The van der Waals surface area contributed by atoms with Crippen LogP contribution >= 0.6 is 0 Å². The van der Waals surface area contributed by atoms with Crippen LogP contribution in [-0.4, -0.2) is 43.7 Å². The Bertz CT molecular complexity index is 716. The van der Waals surface area contributed by atoms with Crippen molar-refractivity contribution < 1.29 is 14.3 Å². The van der Waals surface area contributed by atoms with E-state index in [0.717, 1.165) is 17.3 Å². The summed E-state index contributed by atoms with van der Waals surface area (Å²) in [7, 11) is 0. The van der Waals surface area contributed by atoms with Gasteiger partial charge in [0.1, 0.15) is 5.78 Å². The normalized spacial score (nSPS) is 18.7. The first-order valence-corrected chi connectivity index (χ1v) is 8.83. The van der Waals surface area contributed by atoms with Crippen molar-refractivity contribution in [2.75, 3.05) is 32.9 Å². The highest BCUT2D eigenvalue weighted by Crippen LogP contribution is 2.27. The summed E-state index contributed by atoms with van der Waals surface area (Å²) in [6.07, 6.45) is 2.22. The number of hydrogen-bond donors (Lipinski definition) is 1. The van der Waals surface area contributed by atoms with Crippen molar-refractivity contribution in [3.05, 3.63) is 36.5 Å². The monoisotopic (exact) mass is 342 g/mol. The zero-order valence-electron chi connectivity index (χ0n) is 15.0. The van der Waals surface area contributed by atoms with Crippen LogP contribution in [0.5, 0.6) is 5.88 Å². The van der Waals surface area contributed by atoms with Gasteiger partial charge in [-0.3, -0.25) is 4.79 Å². The molecule has 0 amide bonds. The number of pyridine rings is 1. The maximum absolute atomic E-state index is 12.6. The van der Waals surface area contributed by atoms with Crippen LogP contribution in [0.3, 0.4) is 0 Å². The number of Topliss-reactive ketones (excluding diaryl/α,β-unsaturated/α-hetero) is 1. The summed E-state index contributed by atoms with van der Waals surface area (Å²) < 4.78 is 11.5. The summed E-state index contributed by atoms with van der Waals surface area (Å²) in [5.74, 6) is 0.782. The molecule has 1 unspecified atom stereocenters. The molecule has 0 spiro atoms. The van der Waals surface area contributed by atoms with Crippen molar-refractivity contribution in [2.24, 2.45) is 11.3 Å². The van der Waals surface area contributed by atoms with Gasteiger partial charge in [-0.05, 0) is 17.5 Å². The highest BCUT2D eigenvalue weighted by Gasteiger charge is 2.29. The Balaban J connectivity index is 1.61. The second kappa shape index (κ2) is 7.93. The molecule has 2 heterocycles. The lowest BCUT2D eigenvalue weighted by atomic mass is 9.84. The number of rotatable bonds is 6. The molecule has 1 atom stereocenters. The van der Waals surface area contributed by atoms with Crippen molar-refractivity contribution in [1.82, 2.24) is 10.3 Å². The fraction of sp³-hybridized carbons (Fsp3) is 0.500. The summed E-state index contributed by atoms with van der Waals surface area (Å²) in [6.45, 7) is 7.24. The van der Waals surface area contributed by atoms with Crippen molar-refractivity contribution in [2.45, 2.75) is 20.3 Å². The van der Waals surface area contributed by atoms with Gasteiger partial charge in [0.15, 0.2) is 0 Å². The number of ether oxygens (including phenoxy) is 2. The molecule has 0 saturated carbocycles. The second-order valence-electron chi connectivity index (χ2n) is 7.41. The lowest BCUT2D eigenvalue weighted by Crippen LogP contribution is -2.33. The Morgan fingerprint density at radius 3 is 3.08 bits per heavy atom. The van der Waals surface area contributed by atoms with Gasteiger partial charge in [0, 0.05) is 36.5 Å². The Kier molecular flexibility index (Phi) is 5.66. The predicted octanol–water partition coefficient (Wildman–Crippen LogP) is 2.84. The number of nitrogens with one attached hydrogen (secondary N) is 1. The van der Waals surface area contributed by atoms with Crippen LogP contribution in [0.15, 0.2) is 36.5 Å². The number of benzene rings is 1. The van der Waals surface area contributed by atoms with Gasteiger partial charge in [-0.25, -0.2) is 4.98 Å². The molecule has 134 valence electrons. The minimum absolute atomic E-state index is 0.0718. The highest BCUT2D eigenvalue weighted by atomic mass is 16.5. The van der Waals surface area contributed by atoms with Gasteiger partial charge in [0.2, 0.25) is 5.88 Å². The topological polar surface area (TPSA) is 60.5 Å². The van der Waals surface area contributed by atoms with Gasteiger partial charge in [0.25, 0.3) is 0 Å². The summed E-state index contributed by atoms with van der Waals surface area (Å²) in [5.41, 5.74) is -0.262. The molecule has 1 aromatic heterocycles. The minimum Gasteiger partial charge on any atom is -0.477 e. The first-order valence-electron chi connectivity index (χ1n) is 8.83. The molecule has 1 aromatic carbocycles. The SMILES string of the molecule is CC(C)(COc1nccc2ccccc12)CC(=O)C1CNCCOC1. The van der Waals surface area contributed by atoms with E-state index in [0.29, 0.717) is 38.7 Å². The molecule has 1 N–H and O–H groups in total. The first-order chi connectivity index (χ1) is 12.1. The molecular formula is C20H26N2O3. The number of nitrogens with zero attached hydrogens (tertiary/aromatic N) is 1. The average Bonchev–Trinajstić information content (AvgIpc) is 2.89. The number of ketones is 1. The van der Waals surface area contributed by atoms with Gasteiger partial charge >= 0.3 is 0 Å². The largest absolute Gasteiger partial charge is 0.477 e. The predicted molar refractivity (Wildman–Crippen MR) is 97.8 cm³/mol. The van der Waals surface area contributed by atoms with Crippen molar-refractivity contribution >= 4 is 16.6 Å². The molecule has 5 heteroatoms. The summed E-state index contributed by atoms with van der Waals surface area (Å²) in [6, 6.07) is 9.99. The molecule has 0 aliphatic carbocycles. The van der Waals surface area contributed by atoms with E-state index in [1.807, 2.05) is 30.3 Å². The maximum Gasteiger partial charge on any atom is 0.221 e. The average molecular weight is 342 g/mol. The van der Waals surface area contributed by atoms with E-state index in [4.69, 9.17) is 9.47 Å². The molecule has 1 aliphatic heterocycles. The van der Waals surface area contributed by atoms with Crippen molar-refractivity contribution in [1.29, 1.82) is 0 Å². The highest BCUT2D eigenvalue weighted by molar-refractivity contribution is 5.86. The second-order valence-corrected chi connectivity index (χ2v) is 7.41. The van der Waals surface area contributed by atoms with Gasteiger partial charge < -0.3 is 14.8 Å². The molecule has 1 fully saturated rings. The summed E-state index contributed by atoms with van der Waals surface area (Å²) >= 11 is 0. The third-order valence-electron chi connectivity index (χ3n) is 4.48. The standard InChI is InChI=1S/C20H26N2O3/c1-20(2,11-18(23)16-12-21-9-10-24-13-16)14-25-19-17-6-4-3-5-15(17)7-8-22-19/h3-8,16,21H,9-14H2,1-2H3. The molecule has 1 aliphatic rings. The Morgan fingerprint density at radius 1 is 1.36 bits per heavy atom. The third-order valence-corrected chi connectivity index (χ3v) is 4.48. The van der Waals surface area contributed by atoms with Crippen LogP contribution in [-0.2, 0) is 9.53 Å². The van der Waals surface area contributed by atoms with E-state index in [-0.39, 0.29) is 17.1 Å². The van der Waals surface area contributed by atoms with Crippen LogP contribution in [0.4, 0.5) is 0 Å². The van der Waals surface area contributed by atoms with E-state index >= 15 is 0 Å². The van der Waals surface area contributed by atoms with Gasteiger partial charge in [0.05, 0.1) is 25.7 Å². The van der Waals surface area contributed by atoms with Crippen LogP contribution in [0.25, 0.3) is 10.8 Å². The third kappa shape index (κ3) is 4.77. The number of carbonyl (C=O) groups is 1. The molecule has 3 rings (SSSR count). The number of aromatic nitrogens is 1. The fourth-order valence-corrected chi connectivity index (χ4v) is 3.05. The smallest absolute Gasteiger partial charge is 0.221 e. The van der Waals surface area contributed by atoms with Crippen LogP contribution < -0.4 is 10.1 Å². The molecule has 0 radical (unpaired) electrons. The Morgan fingerprint density at radius 2 is 2.20 bits per heavy atom. The van der Waals surface area contributed by atoms with Gasteiger partial charge in [-0.1, -0.05) is 32.0 Å². The quantitative estimate of drug-likeness (QED) is 0.875. The van der Waals surface area contributed by atoms with E-state index in [2.05, 4.69) is 24.1 Å². The summed E-state index contributed by atoms with van der Waals surface area (Å²) in [4.78, 5) is 17.0. The van der Waals surface area contributed by atoms with Crippen LogP contribution in [0, 0.1) is 11.3 Å². The molecule has 0 bridgehead atoms. The lowest BCUT2D eigenvalue weighted by molar-refractivity contribution is -0.126. The Labute approximate surface area is 148 Å². The van der Waals surface area contributed by atoms with Gasteiger partial charge in [-0.15, -0.1) is 0 Å². The zero-order valence-corrected chi connectivity index (χ0v) is 15.0. The molecule has 2 aromatic rings. The lowest BCUT2D eigenvalue weighted by Gasteiger charge is -2.26. The molecule has 5 nitrogen and oxygen atoms in total. The van der Waals surface area contributed by atoms with E-state index in [9.17, 15) is 4.79 Å². The Hall–Kier alpha value is -1.98. The molecular weight excluding hydrogens is 316 g/mol. The summed E-state index contributed by atoms with van der Waals surface area (Å²) in [5, 5.41) is 5.35. The maximum atomic E-state index is 12.6. The van der Waals surface area contributed by atoms with Crippen molar-refractivity contribution in [3.8, 4) is 5.88 Å². The van der Waals surface area contributed by atoms with Crippen LogP contribution in [0.2, 0.25) is 0 Å². The number of carbonyl (C=O) groups excluding carboxylic acids is 1. The molecule has 1 saturated heterocycles.